The van der Waals surface area contributed by atoms with Crippen LogP contribution in [0.1, 0.15) is 73.6 Å². The van der Waals surface area contributed by atoms with Gasteiger partial charge in [0.25, 0.3) is 6.09 Å². The first-order valence-electron chi connectivity index (χ1n) is 18.1. The summed E-state index contributed by atoms with van der Waals surface area (Å²) in [5.74, 6) is -0.387. The van der Waals surface area contributed by atoms with Gasteiger partial charge in [-0.05, 0) is 99.8 Å². The molecule has 0 aliphatic carbocycles. The van der Waals surface area contributed by atoms with Gasteiger partial charge in [0.15, 0.2) is 5.66 Å². The van der Waals surface area contributed by atoms with Crippen LogP contribution in [0.5, 0.6) is 5.75 Å². The predicted molar refractivity (Wildman–Crippen MR) is 185 cm³/mol. The van der Waals surface area contributed by atoms with E-state index in [-0.39, 0.29) is 55.7 Å². The summed E-state index contributed by atoms with van der Waals surface area (Å²) in [5.41, 5.74) is 2.70. The van der Waals surface area contributed by atoms with Crippen molar-refractivity contribution in [3.05, 3.63) is 58.7 Å². The van der Waals surface area contributed by atoms with Gasteiger partial charge in [-0.1, -0.05) is 18.2 Å². The molecule has 0 radical (unpaired) electrons. The molecular weight excluding hydrogens is 638 g/mol. The molecule has 3 saturated heterocycles. The molecule has 12 heteroatoms. The van der Waals surface area contributed by atoms with Crippen molar-refractivity contribution in [3.8, 4) is 5.75 Å². The summed E-state index contributed by atoms with van der Waals surface area (Å²) in [4.78, 5) is 58.0. The molecule has 3 amide bonds. The number of hydrogen-bond acceptors (Lipinski definition) is 8. The zero-order valence-corrected chi connectivity index (χ0v) is 29.3. The third-order valence-electron chi connectivity index (χ3n) is 12.2. The van der Waals surface area contributed by atoms with Gasteiger partial charge < -0.3 is 40.0 Å². The fourth-order valence-corrected chi connectivity index (χ4v) is 9.57. The first-order chi connectivity index (χ1) is 24.0. The number of likely N-dealkylation sites (tertiary alicyclic amines) is 3. The van der Waals surface area contributed by atoms with Crippen LogP contribution in [-0.4, -0.2) is 111 Å². The second-order valence-electron chi connectivity index (χ2n) is 15.0. The largest absolute Gasteiger partial charge is 0.507 e. The number of rotatable bonds is 9. The molecule has 3 fully saturated rings. The number of carbonyl (C=O) groups is 4. The van der Waals surface area contributed by atoms with Crippen LogP contribution in [0.3, 0.4) is 0 Å². The summed E-state index contributed by atoms with van der Waals surface area (Å²) >= 11 is 0. The lowest BCUT2D eigenvalue weighted by Crippen LogP contribution is -2.80. The monoisotopic (exact) mass is 689 g/mol. The maximum absolute atomic E-state index is 13.8. The van der Waals surface area contributed by atoms with Gasteiger partial charge in [-0.15, -0.1) is 0 Å². The van der Waals surface area contributed by atoms with E-state index in [4.69, 9.17) is 0 Å². The van der Waals surface area contributed by atoms with Crippen molar-refractivity contribution >= 4 is 30.1 Å². The number of carboxylic acids is 1. The van der Waals surface area contributed by atoms with Gasteiger partial charge >= 0.3 is 12.0 Å². The number of aldehydes is 1. The Morgan fingerprint density at radius 1 is 1.00 bits per heavy atom. The van der Waals surface area contributed by atoms with Gasteiger partial charge in [0.05, 0.1) is 13.0 Å². The number of phenols is 1. The van der Waals surface area contributed by atoms with E-state index in [1.807, 2.05) is 41.3 Å². The molecule has 0 spiro atoms. The third-order valence-corrected chi connectivity index (χ3v) is 12.2. The minimum atomic E-state index is -1.25. The van der Waals surface area contributed by atoms with Gasteiger partial charge in [-0.3, -0.25) is 14.2 Å². The quantitative estimate of drug-likeness (QED) is 0.263. The molecule has 4 aliphatic rings. The SMILES string of the molecule is Cc1cc(C[N@+]2(C(=O)[O-])CCC(N3CCc4ccccc4NC3=O)CC2(CC=O)N2CCC(N3CCC(CC(=O)O)CC3)CC2)cc(C)c1O. The second kappa shape index (κ2) is 14.7. The number of carbonyl (C=O) groups excluding carboxylic acids is 3. The van der Waals surface area contributed by atoms with Crippen molar-refractivity contribution in [2.75, 3.05) is 44.6 Å². The van der Waals surface area contributed by atoms with E-state index in [0.717, 1.165) is 61.9 Å². The summed E-state index contributed by atoms with van der Waals surface area (Å²) in [6.07, 6.45) is 4.42. The van der Waals surface area contributed by atoms with Crippen molar-refractivity contribution in [1.82, 2.24) is 14.7 Å². The Balaban J connectivity index is 1.32. The van der Waals surface area contributed by atoms with Gasteiger partial charge in [0, 0.05) is 62.2 Å². The smallest absolute Gasteiger partial charge is 0.322 e. The van der Waals surface area contributed by atoms with Gasteiger partial charge in [0.1, 0.15) is 18.6 Å². The number of nitrogens with one attached hydrogen (secondary N) is 1. The normalized spacial score (nSPS) is 27.3. The number of fused-ring (bicyclic) bond motifs is 1. The highest BCUT2D eigenvalue weighted by Crippen LogP contribution is 2.46. The Hall–Kier alpha value is -4.00. The van der Waals surface area contributed by atoms with E-state index in [0.29, 0.717) is 50.0 Å². The molecule has 50 heavy (non-hydrogen) atoms. The summed E-state index contributed by atoms with van der Waals surface area (Å²) < 4.78 is -0.465. The number of aliphatic carboxylic acids is 1. The number of quaternary nitrogens is 1. The number of amides is 3. The number of carboxylic acid groups (broad SMARTS) is 2. The van der Waals surface area contributed by atoms with E-state index in [1.54, 1.807) is 13.8 Å². The van der Waals surface area contributed by atoms with Crippen LogP contribution in [0.15, 0.2) is 36.4 Å². The first kappa shape index (κ1) is 35.8. The third kappa shape index (κ3) is 6.85. The van der Waals surface area contributed by atoms with Crippen molar-refractivity contribution in [2.45, 2.75) is 95.9 Å². The Morgan fingerprint density at radius 2 is 1.68 bits per heavy atom. The molecule has 0 aromatic heterocycles. The summed E-state index contributed by atoms with van der Waals surface area (Å²) in [6, 6.07) is 11.2. The highest BCUT2D eigenvalue weighted by atomic mass is 16.4. The van der Waals surface area contributed by atoms with Crippen molar-refractivity contribution in [2.24, 2.45) is 5.92 Å². The van der Waals surface area contributed by atoms with E-state index in [9.17, 15) is 34.5 Å². The van der Waals surface area contributed by atoms with Gasteiger partial charge in [0.2, 0.25) is 0 Å². The lowest BCUT2D eigenvalue weighted by molar-refractivity contribution is -0.956. The minimum absolute atomic E-state index is 0.0333. The Labute approximate surface area is 294 Å². The second-order valence-corrected chi connectivity index (χ2v) is 15.0. The molecule has 0 bridgehead atoms. The molecule has 270 valence electrons. The molecular formula is C38H51N5O7. The number of piperidine rings is 3. The number of hydrogen-bond donors (Lipinski definition) is 3. The van der Waals surface area contributed by atoms with Crippen LogP contribution in [-0.2, 0) is 22.6 Å². The Kier molecular flexibility index (Phi) is 10.5. The van der Waals surface area contributed by atoms with Crippen LogP contribution in [0, 0.1) is 19.8 Å². The average Bonchev–Trinajstić information content (AvgIpc) is 3.26. The molecule has 6 rings (SSSR count). The zero-order valence-electron chi connectivity index (χ0n) is 29.3. The molecule has 4 aliphatic heterocycles. The number of benzene rings is 2. The van der Waals surface area contributed by atoms with Gasteiger partial charge in [-0.2, -0.15) is 0 Å². The molecule has 3 atom stereocenters. The molecule has 4 heterocycles. The van der Waals surface area contributed by atoms with E-state index >= 15 is 0 Å². The van der Waals surface area contributed by atoms with Crippen molar-refractivity contribution < 1.29 is 39.0 Å². The molecule has 2 aromatic carbocycles. The fourth-order valence-electron chi connectivity index (χ4n) is 9.57. The highest BCUT2D eigenvalue weighted by molar-refractivity contribution is 5.91. The Bertz CT molecular complexity index is 1580. The molecule has 2 aromatic rings. The maximum atomic E-state index is 13.8. The predicted octanol–water partition coefficient (Wildman–Crippen LogP) is 3.86. The number of anilines is 1. The standard InChI is InChI=1S/C38H51N5O7/c1-26-21-29(22-27(2)35(26)47)25-43(37(49)50)19-12-32(42-18-9-30-5-3-4-6-33(30)39-36(42)48)24-38(43,13-20-44)41-16-10-31(11-17-41)40-14-7-28(8-15-40)23-34(45)46/h3-6,20-22,28,31-32H,7-19,23-25H2,1-2H3,(H3-,39,45,46,47,48,49,50)/t32?,38?,43-/m0/s1. The summed E-state index contributed by atoms with van der Waals surface area (Å²) in [5, 5.41) is 36.6. The molecule has 3 N–H and O–H groups in total. The fraction of sp³-hybridized carbons (Fsp3) is 0.579. The molecule has 2 unspecified atom stereocenters. The molecule has 12 nitrogen and oxygen atoms in total. The average molecular weight is 690 g/mol. The van der Waals surface area contributed by atoms with Crippen LogP contribution >= 0.6 is 0 Å². The van der Waals surface area contributed by atoms with E-state index in [1.165, 1.54) is 0 Å². The Morgan fingerprint density at radius 3 is 2.32 bits per heavy atom. The minimum Gasteiger partial charge on any atom is -0.507 e. The molecule has 0 saturated carbocycles. The van der Waals surface area contributed by atoms with Gasteiger partial charge in [-0.25, -0.2) is 4.79 Å². The van der Waals surface area contributed by atoms with E-state index < -0.39 is 22.2 Å². The number of para-hydroxylation sites is 1. The lowest BCUT2D eigenvalue weighted by Gasteiger charge is -2.62. The first-order valence-corrected chi connectivity index (χ1v) is 18.1. The topological polar surface area (TPSA) is 154 Å². The number of phenolic OH excluding ortho intramolecular Hbond substituents is 1. The number of urea groups is 1. The van der Waals surface area contributed by atoms with Crippen LogP contribution < -0.4 is 10.4 Å². The highest BCUT2D eigenvalue weighted by Gasteiger charge is 2.61. The van der Waals surface area contributed by atoms with Crippen molar-refractivity contribution in [1.29, 1.82) is 0 Å². The maximum Gasteiger partial charge on any atom is 0.322 e. The number of nitrogens with zero attached hydrogens (tertiary/aromatic N) is 4. The summed E-state index contributed by atoms with van der Waals surface area (Å²) in [6.45, 7) is 7.18. The van der Waals surface area contributed by atoms with Crippen LogP contribution in [0.2, 0.25) is 0 Å². The summed E-state index contributed by atoms with van der Waals surface area (Å²) in [7, 11) is 0. The number of aromatic hydroxyl groups is 1. The number of aryl methyl sites for hydroxylation is 2. The lowest BCUT2D eigenvalue weighted by atomic mass is 9.81. The van der Waals surface area contributed by atoms with Crippen LogP contribution in [0.25, 0.3) is 0 Å². The van der Waals surface area contributed by atoms with Crippen LogP contribution in [0.4, 0.5) is 15.3 Å². The zero-order chi connectivity index (χ0) is 35.6. The van der Waals surface area contributed by atoms with E-state index in [2.05, 4.69) is 15.1 Å². The van der Waals surface area contributed by atoms with Crippen molar-refractivity contribution in [3.63, 3.8) is 0 Å².